The average molecular weight is 340 g/mol. The second-order valence-corrected chi connectivity index (χ2v) is 5.08. The summed E-state index contributed by atoms with van der Waals surface area (Å²) >= 11 is 0. The van der Waals surface area contributed by atoms with Crippen LogP contribution in [0.25, 0.3) is 5.69 Å². The molecule has 0 N–H and O–H groups in total. The number of carbonyl (C=O) groups excluding carboxylic acids is 1. The van der Waals surface area contributed by atoms with Crippen molar-refractivity contribution in [1.29, 1.82) is 0 Å². The summed E-state index contributed by atoms with van der Waals surface area (Å²) in [4.78, 5) is 12.3. The first kappa shape index (κ1) is 16.4. The fraction of sp³-hybridized carbons (Fsp3) is 0.176. The number of methoxy groups -OCH3 is 1. The molecule has 0 unspecified atom stereocenters. The number of tetrazole rings is 1. The van der Waals surface area contributed by atoms with Gasteiger partial charge in [-0.05, 0) is 41.6 Å². The van der Waals surface area contributed by atoms with Gasteiger partial charge in [0.2, 0.25) is 0 Å². The third-order valence-corrected chi connectivity index (χ3v) is 3.35. The number of hydrogen-bond donors (Lipinski definition) is 0. The van der Waals surface area contributed by atoms with Crippen molar-refractivity contribution in [3.8, 4) is 22.9 Å². The average Bonchev–Trinajstić information content (AvgIpc) is 3.17. The Morgan fingerprint density at radius 2 is 1.92 bits per heavy atom. The lowest BCUT2D eigenvalue weighted by atomic mass is 10.3. The van der Waals surface area contributed by atoms with Crippen LogP contribution >= 0.6 is 0 Å². The van der Waals surface area contributed by atoms with E-state index in [2.05, 4.69) is 15.5 Å². The molecule has 0 spiro atoms. The first-order valence-electron chi connectivity index (χ1n) is 7.52. The number of ether oxygens (including phenoxy) is 3. The minimum absolute atomic E-state index is 0.369. The van der Waals surface area contributed by atoms with Gasteiger partial charge in [0, 0.05) is 6.07 Å². The number of hydrogen-bond acceptors (Lipinski definition) is 7. The van der Waals surface area contributed by atoms with Gasteiger partial charge < -0.3 is 14.2 Å². The Morgan fingerprint density at radius 1 is 1.12 bits per heavy atom. The van der Waals surface area contributed by atoms with E-state index in [9.17, 15) is 4.79 Å². The molecule has 0 aliphatic rings. The van der Waals surface area contributed by atoms with Crippen molar-refractivity contribution >= 4 is 5.97 Å². The molecule has 1 heterocycles. The summed E-state index contributed by atoms with van der Waals surface area (Å²) in [5.41, 5.74) is 0.675. The third-order valence-electron chi connectivity index (χ3n) is 3.35. The van der Waals surface area contributed by atoms with Gasteiger partial charge in [-0.2, -0.15) is 0 Å². The molecule has 0 radical (unpaired) electrons. The van der Waals surface area contributed by atoms with Crippen molar-refractivity contribution in [3.63, 3.8) is 0 Å². The molecule has 3 rings (SSSR count). The maximum atomic E-state index is 12.3. The van der Waals surface area contributed by atoms with Crippen molar-refractivity contribution in [3.05, 3.63) is 54.9 Å². The summed E-state index contributed by atoms with van der Waals surface area (Å²) in [7, 11) is 1.54. The molecule has 8 nitrogen and oxygen atoms in total. The number of esters is 1. The lowest BCUT2D eigenvalue weighted by Gasteiger charge is -2.16. The molecule has 0 saturated heterocycles. The molecular weight excluding hydrogens is 324 g/mol. The van der Waals surface area contributed by atoms with Crippen molar-refractivity contribution in [2.75, 3.05) is 7.11 Å². The molecule has 0 fully saturated rings. The molecule has 0 aliphatic carbocycles. The van der Waals surface area contributed by atoms with E-state index >= 15 is 0 Å². The molecule has 2 aromatic carbocycles. The number of nitrogens with zero attached hydrogens (tertiary/aromatic N) is 4. The van der Waals surface area contributed by atoms with Crippen molar-refractivity contribution in [2.24, 2.45) is 0 Å². The van der Waals surface area contributed by atoms with Crippen molar-refractivity contribution in [1.82, 2.24) is 20.2 Å². The van der Waals surface area contributed by atoms with Gasteiger partial charge in [0.25, 0.3) is 0 Å². The van der Waals surface area contributed by atoms with Gasteiger partial charge in [0.05, 0.1) is 12.8 Å². The second-order valence-electron chi connectivity index (χ2n) is 5.08. The largest absolute Gasteiger partial charge is 0.493 e. The van der Waals surface area contributed by atoms with Gasteiger partial charge in [-0.3, -0.25) is 0 Å². The minimum Gasteiger partial charge on any atom is -0.493 e. The predicted molar refractivity (Wildman–Crippen MR) is 87.9 cm³/mol. The van der Waals surface area contributed by atoms with Crippen LogP contribution in [0.3, 0.4) is 0 Å². The maximum Gasteiger partial charge on any atom is 0.352 e. The van der Waals surface area contributed by atoms with Crippen LogP contribution in [-0.4, -0.2) is 39.4 Å². The summed E-state index contributed by atoms with van der Waals surface area (Å²) < 4.78 is 17.7. The van der Waals surface area contributed by atoms with Gasteiger partial charge >= 0.3 is 5.97 Å². The summed E-state index contributed by atoms with van der Waals surface area (Å²) in [6, 6.07) is 14.0. The summed E-state index contributed by atoms with van der Waals surface area (Å²) in [6.45, 7) is 1.61. The molecule has 0 bridgehead atoms. The van der Waals surface area contributed by atoms with Crippen LogP contribution in [0.1, 0.15) is 6.92 Å². The Kier molecular flexibility index (Phi) is 4.89. The van der Waals surface area contributed by atoms with Crippen LogP contribution in [0.15, 0.2) is 54.9 Å². The number of benzene rings is 2. The molecule has 1 atom stereocenters. The van der Waals surface area contributed by atoms with Gasteiger partial charge in [-0.15, -0.1) is 5.10 Å². The molecular formula is C17H16N4O4. The normalized spacial score (nSPS) is 11.6. The van der Waals surface area contributed by atoms with Crippen LogP contribution in [0.2, 0.25) is 0 Å². The maximum absolute atomic E-state index is 12.3. The highest BCUT2D eigenvalue weighted by Gasteiger charge is 2.19. The molecule has 0 amide bonds. The van der Waals surface area contributed by atoms with Gasteiger partial charge in [-0.25, -0.2) is 9.48 Å². The Hall–Kier alpha value is -3.42. The van der Waals surface area contributed by atoms with Crippen LogP contribution in [-0.2, 0) is 4.79 Å². The van der Waals surface area contributed by atoms with Crippen LogP contribution in [0.4, 0.5) is 0 Å². The number of para-hydroxylation sites is 2. The standard InChI is InChI=1S/C17H16N4O4/c1-12(24-16-9-4-3-8-15(16)23-2)17(22)25-14-7-5-6-13(10-14)21-11-18-19-20-21/h3-12H,1-2H3/t12-/m0/s1. The monoisotopic (exact) mass is 340 g/mol. The van der Waals surface area contributed by atoms with Crippen molar-refractivity contribution in [2.45, 2.75) is 13.0 Å². The fourth-order valence-corrected chi connectivity index (χ4v) is 2.12. The van der Waals surface area contributed by atoms with E-state index in [1.807, 2.05) is 6.07 Å². The van der Waals surface area contributed by atoms with E-state index < -0.39 is 12.1 Å². The topological polar surface area (TPSA) is 88.4 Å². The van der Waals surface area contributed by atoms with Crippen LogP contribution < -0.4 is 14.2 Å². The Morgan fingerprint density at radius 3 is 2.64 bits per heavy atom. The third kappa shape index (κ3) is 3.92. The highest BCUT2D eigenvalue weighted by molar-refractivity contribution is 5.77. The zero-order valence-corrected chi connectivity index (χ0v) is 13.7. The molecule has 128 valence electrons. The smallest absolute Gasteiger partial charge is 0.352 e. The van der Waals surface area contributed by atoms with Crippen LogP contribution in [0, 0.1) is 0 Å². The van der Waals surface area contributed by atoms with E-state index in [4.69, 9.17) is 14.2 Å². The summed E-state index contributed by atoms with van der Waals surface area (Å²) in [5, 5.41) is 10.9. The molecule has 0 aliphatic heterocycles. The van der Waals surface area contributed by atoms with Gasteiger partial charge in [0.15, 0.2) is 17.6 Å². The van der Waals surface area contributed by atoms with Crippen molar-refractivity contribution < 1.29 is 19.0 Å². The predicted octanol–water partition coefficient (Wildman–Crippen LogP) is 2.04. The fourth-order valence-electron chi connectivity index (χ4n) is 2.12. The van der Waals surface area contributed by atoms with Crippen LogP contribution in [0.5, 0.6) is 17.2 Å². The Balaban J connectivity index is 1.68. The quantitative estimate of drug-likeness (QED) is 0.501. The van der Waals surface area contributed by atoms with E-state index in [0.29, 0.717) is 22.9 Å². The van der Waals surface area contributed by atoms with Gasteiger partial charge in [-0.1, -0.05) is 18.2 Å². The first-order valence-corrected chi connectivity index (χ1v) is 7.52. The Labute approximate surface area is 143 Å². The molecule has 25 heavy (non-hydrogen) atoms. The summed E-state index contributed by atoms with van der Waals surface area (Å²) in [6.07, 6.45) is 0.641. The molecule has 0 saturated carbocycles. The zero-order valence-electron chi connectivity index (χ0n) is 13.7. The number of rotatable bonds is 6. The summed E-state index contributed by atoms with van der Waals surface area (Å²) in [5.74, 6) is 0.855. The molecule has 8 heteroatoms. The first-order chi connectivity index (χ1) is 12.2. The lowest BCUT2D eigenvalue weighted by Crippen LogP contribution is -2.28. The second kappa shape index (κ2) is 7.43. The van der Waals surface area contributed by atoms with E-state index in [0.717, 1.165) is 0 Å². The van der Waals surface area contributed by atoms with E-state index in [1.54, 1.807) is 49.4 Å². The highest BCUT2D eigenvalue weighted by atomic mass is 16.6. The minimum atomic E-state index is -0.812. The lowest BCUT2D eigenvalue weighted by molar-refractivity contribution is -0.141. The SMILES string of the molecule is COc1ccccc1O[C@@H](C)C(=O)Oc1cccc(-n2cnnn2)c1. The zero-order chi connectivity index (χ0) is 17.6. The van der Waals surface area contributed by atoms with E-state index in [-0.39, 0.29) is 0 Å². The molecule has 3 aromatic rings. The number of carbonyl (C=O) groups is 1. The van der Waals surface area contributed by atoms with Gasteiger partial charge in [0.1, 0.15) is 12.1 Å². The highest BCUT2D eigenvalue weighted by Crippen LogP contribution is 2.27. The Bertz CT molecular complexity index is 851. The molecule has 1 aromatic heterocycles. The number of aromatic nitrogens is 4. The van der Waals surface area contributed by atoms with E-state index in [1.165, 1.54) is 18.1 Å².